The van der Waals surface area contributed by atoms with Crippen LogP contribution in [0.4, 0.5) is 0 Å². The topological polar surface area (TPSA) is 74.9 Å². The number of furan rings is 1. The largest absolute Gasteiger partial charge is 0.497 e. The van der Waals surface area contributed by atoms with Gasteiger partial charge in [-0.25, -0.2) is 0 Å². The molecule has 0 spiro atoms. The molecule has 1 saturated carbocycles. The van der Waals surface area contributed by atoms with E-state index in [1.807, 2.05) is 38.4 Å². The highest BCUT2D eigenvalue weighted by Crippen LogP contribution is 2.43. The Morgan fingerprint density at radius 3 is 2.85 bits per heavy atom. The molecular weight excluding hydrogens is 344 g/mol. The zero-order chi connectivity index (χ0) is 19.4. The van der Waals surface area contributed by atoms with E-state index in [1.165, 1.54) is 6.26 Å². The number of benzene rings is 1. The summed E-state index contributed by atoms with van der Waals surface area (Å²) in [5.74, 6) is 0.821. The monoisotopic (exact) mass is 372 g/mol. The molecule has 1 aromatic carbocycles. The van der Waals surface area contributed by atoms with Crippen molar-refractivity contribution in [2.45, 2.75) is 30.9 Å². The fraction of sp³-hybridized carbons (Fsp3) is 0.476. The van der Waals surface area contributed by atoms with Gasteiger partial charge in [0.2, 0.25) is 0 Å². The van der Waals surface area contributed by atoms with Crippen LogP contribution in [0.2, 0.25) is 0 Å². The summed E-state index contributed by atoms with van der Waals surface area (Å²) in [6.45, 7) is 0.723. The van der Waals surface area contributed by atoms with E-state index in [2.05, 4.69) is 10.2 Å². The summed E-state index contributed by atoms with van der Waals surface area (Å²) in [6, 6.07) is 11.0. The maximum atomic E-state index is 12.3. The number of methoxy groups -OCH3 is 1. The van der Waals surface area contributed by atoms with Crippen molar-refractivity contribution in [3.8, 4) is 5.75 Å². The lowest BCUT2D eigenvalue weighted by molar-refractivity contribution is -0.0686. The normalized spacial score (nSPS) is 25.4. The molecule has 146 valence electrons. The van der Waals surface area contributed by atoms with E-state index in [0.29, 0.717) is 25.0 Å². The van der Waals surface area contributed by atoms with Crippen LogP contribution in [0.25, 0.3) is 0 Å². The number of aliphatic hydroxyl groups is 1. The van der Waals surface area contributed by atoms with Gasteiger partial charge < -0.3 is 24.5 Å². The zero-order valence-electron chi connectivity index (χ0n) is 16.1. The molecule has 27 heavy (non-hydrogen) atoms. The summed E-state index contributed by atoms with van der Waals surface area (Å²) in [6.07, 6.45) is 3.45. The molecule has 0 saturated heterocycles. The first-order chi connectivity index (χ1) is 12.9. The molecule has 2 aromatic rings. The minimum Gasteiger partial charge on any atom is -0.497 e. The maximum Gasteiger partial charge on any atom is 0.287 e. The number of hydrogen-bond donors (Lipinski definition) is 2. The minimum atomic E-state index is -0.954. The third-order valence-corrected chi connectivity index (χ3v) is 5.35. The van der Waals surface area contributed by atoms with Crippen LogP contribution in [0.1, 0.15) is 35.4 Å². The highest BCUT2D eigenvalue weighted by molar-refractivity contribution is 5.91. The molecule has 6 heteroatoms. The van der Waals surface area contributed by atoms with Gasteiger partial charge in [0.25, 0.3) is 5.91 Å². The van der Waals surface area contributed by atoms with Gasteiger partial charge in [0.1, 0.15) is 5.75 Å². The average molecular weight is 372 g/mol. The number of ether oxygens (including phenoxy) is 1. The van der Waals surface area contributed by atoms with Gasteiger partial charge in [0.15, 0.2) is 5.76 Å². The highest BCUT2D eigenvalue weighted by Gasteiger charge is 2.44. The maximum absolute atomic E-state index is 12.3. The van der Waals surface area contributed by atoms with Crippen molar-refractivity contribution in [1.82, 2.24) is 10.2 Å². The van der Waals surface area contributed by atoms with E-state index in [-0.39, 0.29) is 17.9 Å². The van der Waals surface area contributed by atoms with Crippen LogP contribution in [0.3, 0.4) is 0 Å². The number of carbonyl (C=O) groups excluding carboxylic acids is 1. The fourth-order valence-electron chi connectivity index (χ4n) is 3.99. The first-order valence-electron chi connectivity index (χ1n) is 9.28. The van der Waals surface area contributed by atoms with Gasteiger partial charge in [-0.3, -0.25) is 4.79 Å². The van der Waals surface area contributed by atoms with Gasteiger partial charge in [-0.2, -0.15) is 0 Å². The molecule has 1 aliphatic rings. The second-order valence-electron chi connectivity index (χ2n) is 7.54. The van der Waals surface area contributed by atoms with Gasteiger partial charge in [-0.15, -0.1) is 0 Å². The molecule has 1 heterocycles. The standard InChI is InChI=1S/C21H28N2O4/c1-23(2)14-16-12-17(22-20(24)19-8-5-11-27-19)9-10-21(16,25)15-6-4-7-18(13-15)26-3/h4-8,11,13,16-17,25H,9-10,12,14H2,1-3H3,(H,22,24). The SMILES string of the molecule is COc1cccc(C2(O)CCC(NC(=O)c3ccco3)CC2CN(C)C)c1. The van der Waals surface area contributed by atoms with E-state index < -0.39 is 5.60 Å². The number of amides is 1. The van der Waals surface area contributed by atoms with Crippen LogP contribution >= 0.6 is 0 Å². The Labute approximate surface area is 160 Å². The Bertz CT molecular complexity index is 759. The second kappa shape index (κ2) is 8.15. The van der Waals surface area contributed by atoms with Crippen LogP contribution in [0, 0.1) is 5.92 Å². The van der Waals surface area contributed by atoms with Crippen molar-refractivity contribution in [2.24, 2.45) is 5.92 Å². The summed E-state index contributed by atoms with van der Waals surface area (Å²) in [5.41, 5.74) is -0.0884. The third kappa shape index (κ3) is 4.34. The molecule has 2 N–H and O–H groups in total. The molecule has 1 aliphatic carbocycles. The summed E-state index contributed by atoms with van der Waals surface area (Å²) >= 11 is 0. The second-order valence-corrected chi connectivity index (χ2v) is 7.54. The molecule has 3 atom stereocenters. The number of carbonyl (C=O) groups is 1. The van der Waals surface area contributed by atoms with E-state index in [1.54, 1.807) is 19.2 Å². The van der Waals surface area contributed by atoms with Crippen molar-refractivity contribution in [3.05, 3.63) is 54.0 Å². The Morgan fingerprint density at radius 1 is 1.37 bits per heavy atom. The fourth-order valence-corrected chi connectivity index (χ4v) is 3.99. The lowest BCUT2D eigenvalue weighted by Gasteiger charge is -2.44. The summed E-state index contributed by atoms with van der Waals surface area (Å²) in [4.78, 5) is 14.4. The first kappa shape index (κ1) is 19.5. The van der Waals surface area contributed by atoms with Crippen LogP contribution in [-0.2, 0) is 5.60 Å². The molecule has 0 bridgehead atoms. The van der Waals surface area contributed by atoms with E-state index in [0.717, 1.165) is 17.9 Å². The molecule has 3 unspecified atom stereocenters. The van der Waals surface area contributed by atoms with Gasteiger partial charge in [-0.1, -0.05) is 12.1 Å². The van der Waals surface area contributed by atoms with Crippen molar-refractivity contribution in [2.75, 3.05) is 27.7 Å². The van der Waals surface area contributed by atoms with E-state index in [4.69, 9.17) is 9.15 Å². The van der Waals surface area contributed by atoms with Crippen LogP contribution in [-0.4, -0.2) is 49.7 Å². The number of rotatable bonds is 6. The average Bonchev–Trinajstić information content (AvgIpc) is 3.19. The van der Waals surface area contributed by atoms with Crippen LogP contribution < -0.4 is 10.1 Å². The van der Waals surface area contributed by atoms with Crippen molar-refractivity contribution in [3.63, 3.8) is 0 Å². The first-order valence-corrected chi connectivity index (χ1v) is 9.28. The lowest BCUT2D eigenvalue weighted by Crippen LogP contribution is -2.50. The summed E-state index contributed by atoms with van der Waals surface area (Å²) in [5, 5.41) is 14.6. The Morgan fingerprint density at radius 2 is 2.19 bits per heavy atom. The van der Waals surface area contributed by atoms with Crippen molar-refractivity contribution < 1.29 is 19.1 Å². The molecular formula is C21H28N2O4. The summed E-state index contributed by atoms with van der Waals surface area (Å²) in [7, 11) is 5.62. The minimum absolute atomic E-state index is 0.00145. The van der Waals surface area contributed by atoms with E-state index in [9.17, 15) is 9.90 Å². The van der Waals surface area contributed by atoms with E-state index >= 15 is 0 Å². The Kier molecular flexibility index (Phi) is 5.87. The molecule has 1 amide bonds. The lowest BCUT2D eigenvalue weighted by atomic mass is 9.69. The molecule has 6 nitrogen and oxygen atoms in total. The smallest absolute Gasteiger partial charge is 0.287 e. The molecule has 1 aromatic heterocycles. The van der Waals surface area contributed by atoms with Crippen LogP contribution in [0.15, 0.2) is 47.1 Å². The molecule has 0 aliphatic heterocycles. The van der Waals surface area contributed by atoms with Gasteiger partial charge in [0.05, 0.1) is 19.0 Å². The van der Waals surface area contributed by atoms with Gasteiger partial charge in [-0.05, 0) is 63.2 Å². The molecule has 1 fully saturated rings. The van der Waals surface area contributed by atoms with Crippen LogP contribution in [0.5, 0.6) is 5.75 Å². The quantitative estimate of drug-likeness (QED) is 0.815. The zero-order valence-corrected chi connectivity index (χ0v) is 16.1. The van der Waals surface area contributed by atoms with Gasteiger partial charge >= 0.3 is 0 Å². The number of hydrogen-bond acceptors (Lipinski definition) is 5. The van der Waals surface area contributed by atoms with Crippen molar-refractivity contribution in [1.29, 1.82) is 0 Å². The third-order valence-electron chi connectivity index (χ3n) is 5.35. The highest BCUT2D eigenvalue weighted by atomic mass is 16.5. The summed E-state index contributed by atoms with van der Waals surface area (Å²) < 4.78 is 10.5. The number of nitrogens with zero attached hydrogens (tertiary/aromatic N) is 1. The Hall–Kier alpha value is -2.31. The molecule has 3 rings (SSSR count). The predicted octanol–water partition coefficient (Wildman–Crippen LogP) is 2.64. The van der Waals surface area contributed by atoms with Crippen molar-refractivity contribution >= 4 is 5.91 Å². The predicted molar refractivity (Wildman–Crippen MR) is 103 cm³/mol. The van der Waals surface area contributed by atoms with Gasteiger partial charge in [0, 0.05) is 18.5 Å². The number of nitrogens with one attached hydrogen (secondary N) is 1. The Balaban J connectivity index is 1.79. The molecule has 0 radical (unpaired) electrons.